The molecule has 0 saturated heterocycles. The number of hydrogen-bond donors (Lipinski definition) is 4. The second-order valence-electron chi connectivity index (χ2n) is 7.21. The zero-order valence-corrected chi connectivity index (χ0v) is 16.5. The molecular weight excluding hydrogens is 396 g/mol. The van der Waals surface area contributed by atoms with Crippen molar-refractivity contribution in [1.29, 1.82) is 0 Å². The number of aromatic amines is 1. The Bertz CT molecular complexity index is 1100. The van der Waals surface area contributed by atoms with Crippen LogP contribution in [0.3, 0.4) is 0 Å². The van der Waals surface area contributed by atoms with Gasteiger partial charge in [-0.2, -0.15) is 12.7 Å². The van der Waals surface area contributed by atoms with Crippen molar-refractivity contribution in [3.8, 4) is 0 Å². The molecule has 3 aromatic rings. The quantitative estimate of drug-likeness (QED) is 0.434. The number of aliphatic hydroxyl groups is 1. The molecule has 0 amide bonds. The maximum absolute atomic E-state index is 11.4. The number of imidazole rings is 1. The van der Waals surface area contributed by atoms with Gasteiger partial charge in [-0.15, -0.1) is 0 Å². The van der Waals surface area contributed by atoms with Gasteiger partial charge in [0, 0.05) is 19.5 Å². The summed E-state index contributed by atoms with van der Waals surface area (Å²) in [7, 11) is -3.12. The fraction of sp³-hybridized carbons (Fsp3) is 0.389. The molecule has 0 unspecified atom stereocenters. The number of rotatable bonds is 6. The lowest BCUT2D eigenvalue weighted by Gasteiger charge is -2.23. The molecule has 2 heterocycles. The van der Waals surface area contributed by atoms with Crippen molar-refractivity contribution in [2.45, 2.75) is 37.5 Å². The summed E-state index contributed by atoms with van der Waals surface area (Å²) in [5.41, 5.74) is 2.29. The van der Waals surface area contributed by atoms with Crippen LogP contribution in [0.4, 0.5) is 5.82 Å². The Morgan fingerprint density at radius 3 is 2.72 bits per heavy atom. The van der Waals surface area contributed by atoms with Crippen molar-refractivity contribution in [1.82, 2.24) is 24.2 Å². The number of aromatic nitrogens is 4. The van der Waals surface area contributed by atoms with E-state index in [9.17, 15) is 18.1 Å². The Balaban J connectivity index is 1.53. The van der Waals surface area contributed by atoms with Gasteiger partial charge in [0.05, 0.1) is 12.1 Å². The van der Waals surface area contributed by atoms with E-state index in [-0.39, 0.29) is 6.04 Å². The van der Waals surface area contributed by atoms with E-state index in [1.807, 2.05) is 30.3 Å². The third-order valence-corrected chi connectivity index (χ3v) is 6.22. The fourth-order valence-electron chi connectivity index (χ4n) is 3.73. The first-order valence-corrected chi connectivity index (χ1v) is 10.6. The number of hydrogen-bond acceptors (Lipinski definition) is 7. The molecule has 4 N–H and O–H groups in total. The van der Waals surface area contributed by atoms with Gasteiger partial charge in [0.2, 0.25) is 0 Å². The van der Waals surface area contributed by atoms with Crippen molar-refractivity contribution in [2.24, 2.45) is 0 Å². The molecule has 154 valence electrons. The molecule has 11 heteroatoms. The highest BCUT2D eigenvalue weighted by molar-refractivity contribution is 7.83. The van der Waals surface area contributed by atoms with Crippen molar-refractivity contribution in [3.05, 3.63) is 48.0 Å². The lowest BCUT2D eigenvalue weighted by atomic mass is 10.1. The number of aliphatic hydroxyl groups excluding tert-OH is 1. The molecule has 1 fully saturated rings. The van der Waals surface area contributed by atoms with E-state index in [1.54, 1.807) is 0 Å². The minimum absolute atomic E-state index is 0.224. The molecule has 0 aliphatic heterocycles. The monoisotopic (exact) mass is 418 g/mol. The first-order valence-electron chi connectivity index (χ1n) is 9.20. The average molecular weight is 418 g/mol. The van der Waals surface area contributed by atoms with Crippen LogP contribution in [0.5, 0.6) is 0 Å². The van der Waals surface area contributed by atoms with Gasteiger partial charge in [0.15, 0.2) is 11.5 Å². The van der Waals surface area contributed by atoms with E-state index >= 15 is 0 Å². The van der Waals surface area contributed by atoms with Gasteiger partial charge in [-0.3, -0.25) is 4.55 Å². The number of fused-ring (bicyclic) bond motifs is 1. The number of likely N-dealkylation sites (N-methyl/N-ethyl adjacent to an activating group) is 1. The summed E-state index contributed by atoms with van der Waals surface area (Å²) >= 11 is 0. The van der Waals surface area contributed by atoms with Crippen molar-refractivity contribution < 1.29 is 18.1 Å². The highest BCUT2D eigenvalue weighted by Crippen LogP contribution is 2.29. The van der Waals surface area contributed by atoms with Crippen molar-refractivity contribution >= 4 is 27.3 Å². The lowest BCUT2D eigenvalue weighted by Crippen LogP contribution is -2.41. The van der Waals surface area contributed by atoms with Gasteiger partial charge < -0.3 is 15.4 Å². The number of H-pyrrole nitrogens is 1. The molecule has 10 nitrogen and oxygen atoms in total. The standard InChI is InChI=1S/C18H22N6O4S/c1-24(29(26,27)28)13-8-12(9-14(13)25)21-17-16-18(20-10-19-17)23-15(22-16)7-11-5-3-2-4-6-11/h2-6,10,12-14,25H,7-9H2,1H3,(H,26,27,28)(H2,19,20,21,22,23)/t12-,13+,14+/m1/s1. The highest BCUT2D eigenvalue weighted by atomic mass is 32.2. The molecule has 1 saturated carbocycles. The molecule has 2 aromatic heterocycles. The van der Waals surface area contributed by atoms with Crippen LogP contribution in [0.1, 0.15) is 24.2 Å². The van der Waals surface area contributed by atoms with E-state index < -0.39 is 22.4 Å². The summed E-state index contributed by atoms with van der Waals surface area (Å²) in [4.78, 5) is 16.2. The largest absolute Gasteiger partial charge is 0.391 e. The smallest absolute Gasteiger partial charge is 0.335 e. The zero-order chi connectivity index (χ0) is 20.6. The Morgan fingerprint density at radius 2 is 2.00 bits per heavy atom. The summed E-state index contributed by atoms with van der Waals surface area (Å²) in [6.07, 6.45) is 1.78. The van der Waals surface area contributed by atoms with Crippen LogP contribution in [0.25, 0.3) is 11.2 Å². The van der Waals surface area contributed by atoms with Crippen LogP contribution in [-0.2, 0) is 16.7 Å². The van der Waals surface area contributed by atoms with E-state index in [4.69, 9.17) is 0 Å². The van der Waals surface area contributed by atoms with E-state index in [2.05, 4.69) is 25.3 Å². The molecular formula is C18H22N6O4S. The van der Waals surface area contributed by atoms with Crippen molar-refractivity contribution in [2.75, 3.05) is 12.4 Å². The maximum atomic E-state index is 11.4. The third kappa shape index (κ3) is 4.22. The Kier molecular flexibility index (Phi) is 5.21. The third-order valence-electron chi connectivity index (χ3n) is 5.22. The summed E-state index contributed by atoms with van der Waals surface area (Å²) in [5.74, 6) is 1.29. The predicted octanol–water partition coefficient (Wildman–Crippen LogP) is 0.982. The lowest BCUT2D eigenvalue weighted by molar-refractivity contribution is 0.118. The predicted molar refractivity (Wildman–Crippen MR) is 107 cm³/mol. The van der Waals surface area contributed by atoms with Crippen LogP contribution < -0.4 is 5.32 Å². The fourth-order valence-corrected chi connectivity index (χ4v) is 4.29. The van der Waals surface area contributed by atoms with E-state index in [1.165, 1.54) is 13.4 Å². The molecule has 4 rings (SSSR count). The minimum atomic E-state index is -4.37. The van der Waals surface area contributed by atoms with Gasteiger partial charge in [0.25, 0.3) is 0 Å². The Labute approximate surface area is 167 Å². The first kappa shape index (κ1) is 19.7. The van der Waals surface area contributed by atoms with Crippen LogP contribution in [-0.4, -0.2) is 67.6 Å². The van der Waals surface area contributed by atoms with Crippen LogP contribution >= 0.6 is 0 Å². The normalized spacial score (nSPS) is 22.4. The first-order chi connectivity index (χ1) is 13.8. The zero-order valence-electron chi connectivity index (χ0n) is 15.7. The van der Waals surface area contributed by atoms with Crippen LogP contribution in [0.2, 0.25) is 0 Å². The van der Waals surface area contributed by atoms with Crippen LogP contribution in [0.15, 0.2) is 36.7 Å². The SMILES string of the molecule is CN([C@H]1C[C@@H](Nc2ncnc3nc(Cc4ccccc4)[nH]c23)C[C@@H]1O)S(=O)(=O)O. The molecule has 29 heavy (non-hydrogen) atoms. The van der Waals surface area contributed by atoms with Gasteiger partial charge in [-0.05, 0) is 18.4 Å². The molecule has 1 aliphatic rings. The Hall–Kier alpha value is -2.60. The number of anilines is 1. The maximum Gasteiger partial charge on any atom is 0.335 e. The van der Waals surface area contributed by atoms with Crippen LogP contribution in [0, 0.1) is 0 Å². The number of nitrogens with zero attached hydrogens (tertiary/aromatic N) is 4. The van der Waals surface area contributed by atoms with E-state index in [0.29, 0.717) is 36.2 Å². The summed E-state index contributed by atoms with van der Waals surface area (Å²) in [6, 6.07) is 8.99. The summed E-state index contributed by atoms with van der Waals surface area (Å²) in [6.45, 7) is 0. The minimum Gasteiger partial charge on any atom is -0.391 e. The topological polar surface area (TPSA) is 144 Å². The highest BCUT2D eigenvalue weighted by Gasteiger charge is 2.39. The second kappa shape index (κ2) is 7.67. The molecule has 0 spiro atoms. The molecule has 0 radical (unpaired) electrons. The molecule has 0 bridgehead atoms. The summed E-state index contributed by atoms with van der Waals surface area (Å²) in [5, 5.41) is 13.5. The van der Waals surface area contributed by atoms with Gasteiger partial charge in [0.1, 0.15) is 17.7 Å². The number of benzene rings is 1. The molecule has 1 aliphatic carbocycles. The van der Waals surface area contributed by atoms with Gasteiger partial charge >= 0.3 is 10.3 Å². The second-order valence-corrected chi connectivity index (χ2v) is 8.68. The van der Waals surface area contributed by atoms with Gasteiger partial charge in [-0.25, -0.2) is 15.0 Å². The van der Waals surface area contributed by atoms with Crippen molar-refractivity contribution in [3.63, 3.8) is 0 Å². The number of nitrogens with one attached hydrogen (secondary N) is 2. The van der Waals surface area contributed by atoms with Gasteiger partial charge in [-0.1, -0.05) is 30.3 Å². The summed E-state index contributed by atoms with van der Waals surface area (Å²) < 4.78 is 32.8. The molecule has 1 aromatic carbocycles. The molecule has 3 atom stereocenters. The average Bonchev–Trinajstić information content (AvgIpc) is 3.24. The Morgan fingerprint density at radius 1 is 1.24 bits per heavy atom. The van der Waals surface area contributed by atoms with E-state index in [0.717, 1.165) is 15.7 Å².